The third-order valence-electron chi connectivity index (χ3n) is 2.91. The summed E-state index contributed by atoms with van der Waals surface area (Å²) in [7, 11) is 1.81. The molecule has 20 heavy (non-hydrogen) atoms. The van der Waals surface area contributed by atoms with Crippen molar-refractivity contribution in [3.63, 3.8) is 0 Å². The lowest BCUT2D eigenvalue weighted by Gasteiger charge is -2.19. The highest BCUT2D eigenvalue weighted by Gasteiger charge is 2.12. The van der Waals surface area contributed by atoms with Crippen molar-refractivity contribution in [2.45, 2.75) is 6.54 Å². The number of anilines is 2. The van der Waals surface area contributed by atoms with Gasteiger partial charge in [-0.15, -0.1) is 0 Å². The molecule has 2 aromatic rings. The maximum Gasteiger partial charge on any atom is 0.337 e. The van der Waals surface area contributed by atoms with Crippen LogP contribution in [0.2, 0.25) is 5.02 Å². The van der Waals surface area contributed by atoms with E-state index in [4.69, 9.17) is 22.4 Å². The molecular weight excluding hydrogens is 278 g/mol. The van der Waals surface area contributed by atoms with E-state index in [2.05, 4.69) is 4.98 Å². The van der Waals surface area contributed by atoms with Gasteiger partial charge in [-0.05, 0) is 17.7 Å². The SMILES string of the molecule is CN(Cc1ccccc1Cl)c1cc(C(=O)O)c(N)cn1. The monoisotopic (exact) mass is 291 g/mol. The Bertz CT molecular complexity index is 646. The Morgan fingerprint density at radius 2 is 2.15 bits per heavy atom. The number of nitrogens with zero attached hydrogens (tertiary/aromatic N) is 2. The average Bonchev–Trinajstić information content (AvgIpc) is 2.41. The second-order valence-corrected chi connectivity index (χ2v) is 4.79. The Labute approximate surface area is 121 Å². The Morgan fingerprint density at radius 3 is 2.80 bits per heavy atom. The second-order valence-electron chi connectivity index (χ2n) is 4.38. The first-order chi connectivity index (χ1) is 9.49. The first kappa shape index (κ1) is 14.1. The van der Waals surface area contributed by atoms with E-state index >= 15 is 0 Å². The van der Waals surface area contributed by atoms with Crippen molar-refractivity contribution in [1.29, 1.82) is 0 Å². The van der Waals surface area contributed by atoms with Gasteiger partial charge in [0.15, 0.2) is 0 Å². The zero-order valence-corrected chi connectivity index (χ0v) is 11.6. The zero-order chi connectivity index (χ0) is 14.7. The molecule has 1 aromatic carbocycles. The van der Waals surface area contributed by atoms with Crippen molar-refractivity contribution in [3.8, 4) is 0 Å². The van der Waals surface area contributed by atoms with Crippen molar-refractivity contribution in [2.75, 3.05) is 17.7 Å². The smallest absolute Gasteiger partial charge is 0.337 e. The molecule has 6 heteroatoms. The zero-order valence-electron chi connectivity index (χ0n) is 10.9. The number of aromatic carboxylic acids is 1. The number of carbonyl (C=O) groups is 1. The van der Waals surface area contributed by atoms with Crippen LogP contribution in [0.5, 0.6) is 0 Å². The van der Waals surface area contributed by atoms with E-state index in [1.807, 2.05) is 36.2 Å². The lowest BCUT2D eigenvalue weighted by atomic mass is 10.2. The maximum absolute atomic E-state index is 11.1. The van der Waals surface area contributed by atoms with Gasteiger partial charge in [-0.3, -0.25) is 0 Å². The Balaban J connectivity index is 2.26. The van der Waals surface area contributed by atoms with Gasteiger partial charge in [0.1, 0.15) is 5.82 Å². The van der Waals surface area contributed by atoms with Crippen molar-refractivity contribution in [2.24, 2.45) is 0 Å². The Morgan fingerprint density at radius 1 is 1.45 bits per heavy atom. The van der Waals surface area contributed by atoms with Crippen LogP contribution in [0.4, 0.5) is 11.5 Å². The minimum absolute atomic E-state index is 0.0426. The fourth-order valence-electron chi connectivity index (χ4n) is 1.81. The fraction of sp³-hybridized carbons (Fsp3) is 0.143. The Kier molecular flexibility index (Phi) is 4.10. The van der Waals surface area contributed by atoms with Crippen LogP contribution in [0.1, 0.15) is 15.9 Å². The molecule has 0 amide bonds. The van der Waals surface area contributed by atoms with E-state index < -0.39 is 5.97 Å². The minimum Gasteiger partial charge on any atom is -0.478 e. The van der Waals surface area contributed by atoms with Crippen LogP contribution < -0.4 is 10.6 Å². The summed E-state index contributed by atoms with van der Waals surface area (Å²) in [5.41, 5.74) is 6.71. The predicted molar refractivity (Wildman–Crippen MR) is 79.2 cm³/mol. The topological polar surface area (TPSA) is 79.5 Å². The molecule has 0 radical (unpaired) electrons. The minimum atomic E-state index is -1.07. The summed E-state index contributed by atoms with van der Waals surface area (Å²) >= 11 is 6.10. The molecule has 0 saturated carbocycles. The van der Waals surface area contributed by atoms with E-state index in [1.165, 1.54) is 12.3 Å². The van der Waals surface area contributed by atoms with Crippen LogP contribution in [0.3, 0.4) is 0 Å². The van der Waals surface area contributed by atoms with E-state index in [9.17, 15) is 4.79 Å². The average molecular weight is 292 g/mol. The van der Waals surface area contributed by atoms with Gasteiger partial charge >= 0.3 is 5.97 Å². The van der Waals surface area contributed by atoms with Gasteiger partial charge in [-0.25, -0.2) is 9.78 Å². The van der Waals surface area contributed by atoms with E-state index in [0.29, 0.717) is 17.4 Å². The molecule has 0 fully saturated rings. The summed E-state index contributed by atoms with van der Waals surface area (Å²) in [6.45, 7) is 0.523. The third kappa shape index (κ3) is 3.00. The number of nitrogen functional groups attached to an aromatic ring is 1. The van der Waals surface area contributed by atoms with Crippen LogP contribution in [0, 0.1) is 0 Å². The molecule has 0 saturated heterocycles. The third-order valence-corrected chi connectivity index (χ3v) is 3.28. The van der Waals surface area contributed by atoms with Gasteiger partial charge in [0.05, 0.1) is 17.4 Å². The number of rotatable bonds is 4. The fourth-order valence-corrected chi connectivity index (χ4v) is 2.01. The lowest BCUT2D eigenvalue weighted by molar-refractivity contribution is 0.0698. The summed E-state index contributed by atoms with van der Waals surface area (Å²) in [4.78, 5) is 17.0. The second kappa shape index (κ2) is 5.79. The van der Waals surface area contributed by atoms with Gasteiger partial charge in [0.2, 0.25) is 0 Å². The van der Waals surface area contributed by atoms with Crippen molar-refractivity contribution >= 4 is 29.1 Å². The highest BCUT2D eigenvalue weighted by Crippen LogP contribution is 2.21. The molecule has 104 valence electrons. The number of hydrogen-bond donors (Lipinski definition) is 2. The number of benzene rings is 1. The summed E-state index contributed by atoms with van der Waals surface area (Å²) in [5, 5.41) is 9.72. The van der Waals surface area contributed by atoms with Crippen LogP contribution in [0.25, 0.3) is 0 Å². The van der Waals surface area contributed by atoms with E-state index in [1.54, 1.807) is 0 Å². The molecule has 1 heterocycles. The lowest BCUT2D eigenvalue weighted by Crippen LogP contribution is -2.19. The van der Waals surface area contributed by atoms with Crippen LogP contribution in [0.15, 0.2) is 36.5 Å². The molecule has 1 aromatic heterocycles. The molecular formula is C14H14ClN3O2. The number of pyridine rings is 1. The molecule has 0 aliphatic rings. The highest BCUT2D eigenvalue weighted by molar-refractivity contribution is 6.31. The van der Waals surface area contributed by atoms with Crippen LogP contribution in [-0.2, 0) is 6.54 Å². The molecule has 0 unspecified atom stereocenters. The van der Waals surface area contributed by atoms with Crippen LogP contribution in [-0.4, -0.2) is 23.1 Å². The number of halogens is 1. The summed E-state index contributed by atoms with van der Waals surface area (Å²) in [6.07, 6.45) is 1.35. The van der Waals surface area contributed by atoms with Crippen molar-refractivity contribution < 1.29 is 9.90 Å². The maximum atomic E-state index is 11.1. The molecule has 3 N–H and O–H groups in total. The predicted octanol–water partition coefficient (Wildman–Crippen LogP) is 2.65. The van der Waals surface area contributed by atoms with E-state index in [-0.39, 0.29) is 11.3 Å². The molecule has 0 atom stereocenters. The van der Waals surface area contributed by atoms with Gasteiger partial charge in [0, 0.05) is 18.6 Å². The largest absolute Gasteiger partial charge is 0.478 e. The number of nitrogens with two attached hydrogens (primary N) is 1. The number of hydrogen-bond acceptors (Lipinski definition) is 4. The van der Waals surface area contributed by atoms with Gasteiger partial charge in [-0.2, -0.15) is 0 Å². The first-order valence-corrected chi connectivity index (χ1v) is 6.30. The number of carboxylic acid groups (broad SMARTS) is 1. The summed E-state index contributed by atoms with van der Waals surface area (Å²) < 4.78 is 0. The normalized spacial score (nSPS) is 10.3. The summed E-state index contributed by atoms with van der Waals surface area (Å²) in [5.74, 6) is -0.547. The molecule has 2 rings (SSSR count). The highest BCUT2D eigenvalue weighted by atomic mass is 35.5. The first-order valence-electron chi connectivity index (χ1n) is 5.92. The number of aromatic nitrogens is 1. The molecule has 0 bridgehead atoms. The van der Waals surface area contributed by atoms with Crippen molar-refractivity contribution in [1.82, 2.24) is 4.98 Å². The van der Waals surface area contributed by atoms with Gasteiger partial charge in [0.25, 0.3) is 0 Å². The molecule has 0 aliphatic carbocycles. The molecule has 0 spiro atoms. The van der Waals surface area contributed by atoms with Crippen molar-refractivity contribution in [3.05, 3.63) is 52.7 Å². The standard InChI is InChI=1S/C14H14ClN3O2/c1-18(8-9-4-2-3-5-11(9)15)13-6-10(14(19)20)12(16)7-17-13/h2-7H,8,16H2,1H3,(H,19,20). The van der Waals surface area contributed by atoms with Crippen LogP contribution >= 0.6 is 11.6 Å². The molecule has 0 aliphatic heterocycles. The Hall–Kier alpha value is -2.27. The number of carboxylic acids is 1. The summed E-state index contributed by atoms with van der Waals surface area (Å²) in [6, 6.07) is 8.93. The quantitative estimate of drug-likeness (QED) is 0.905. The molecule has 5 nitrogen and oxygen atoms in total. The van der Waals surface area contributed by atoms with Gasteiger partial charge in [-0.1, -0.05) is 29.8 Å². The van der Waals surface area contributed by atoms with E-state index in [0.717, 1.165) is 5.56 Å². The van der Waals surface area contributed by atoms with Gasteiger partial charge < -0.3 is 15.7 Å².